The van der Waals surface area contributed by atoms with E-state index in [4.69, 9.17) is 24.4 Å². The van der Waals surface area contributed by atoms with Crippen molar-refractivity contribution in [1.29, 1.82) is 0 Å². The molecule has 1 aromatic heterocycles. The largest absolute Gasteiger partial charge is 0.460 e. The molecule has 1 aliphatic carbocycles. The van der Waals surface area contributed by atoms with Gasteiger partial charge in [0.2, 0.25) is 17.6 Å². The average molecular weight is 694 g/mol. The minimum atomic E-state index is -1.00. The number of likely N-dealkylation sites (tertiary alicyclic amines) is 1. The maximum atomic E-state index is 14.7. The zero-order valence-corrected chi connectivity index (χ0v) is 29.2. The number of fused-ring (bicyclic) bond motifs is 1. The number of para-hydroxylation sites is 1. The Labute approximate surface area is 292 Å². The number of methoxy groups -OCH3 is 1. The summed E-state index contributed by atoms with van der Waals surface area (Å²) in [6.45, 7) is 4.97. The number of amides is 3. The summed E-state index contributed by atoms with van der Waals surface area (Å²) < 4.78 is 36.3. The number of nitrogens with two attached hydrogens (primary N) is 1. The van der Waals surface area contributed by atoms with E-state index in [1.165, 1.54) is 0 Å². The molecule has 2 aliphatic rings. The van der Waals surface area contributed by atoms with Gasteiger partial charge in [-0.05, 0) is 70.4 Å². The number of alkyl carbamates (subject to hydrolysis) is 1. The van der Waals surface area contributed by atoms with Gasteiger partial charge in [0.1, 0.15) is 23.9 Å². The Kier molecular flexibility index (Phi) is 11.8. The summed E-state index contributed by atoms with van der Waals surface area (Å²) in [5, 5.41) is 3.30. The van der Waals surface area contributed by atoms with Crippen molar-refractivity contribution < 1.29 is 42.2 Å². The molecule has 0 spiro atoms. The molecule has 5 rings (SSSR count). The molecule has 2 fully saturated rings. The van der Waals surface area contributed by atoms with Crippen LogP contribution in [0.15, 0.2) is 59.0 Å². The Hall–Kier alpha value is -4.45. The Bertz CT molecular complexity index is 1650. The molecule has 1 saturated heterocycles. The predicted octanol–water partition coefficient (Wildman–Crippen LogP) is 6.21. The summed E-state index contributed by atoms with van der Waals surface area (Å²) in [6.07, 6.45) is 1.92. The fraction of sp³-hybridized carbons (Fsp3) is 0.526. The van der Waals surface area contributed by atoms with Crippen LogP contribution >= 0.6 is 0 Å². The van der Waals surface area contributed by atoms with Crippen LogP contribution in [0.3, 0.4) is 0 Å². The number of alkyl halides is 1. The molecule has 2 aromatic carbocycles. The molecule has 2 heterocycles. The van der Waals surface area contributed by atoms with E-state index in [0.717, 1.165) is 5.56 Å². The van der Waals surface area contributed by atoms with Gasteiger partial charge in [-0.3, -0.25) is 9.59 Å². The van der Waals surface area contributed by atoms with Crippen molar-refractivity contribution in [2.24, 2.45) is 17.6 Å². The summed E-state index contributed by atoms with van der Waals surface area (Å²) in [4.78, 5) is 55.7. The molecule has 270 valence electrons. The lowest BCUT2D eigenvalue weighted by Crippen LogP contribution is -2.50. The highest BCUT2D eigenvalue weighted by Gasteiger charge is 2.51. The minimum absolute atomic E-state index is 0.0222. The number of nitrogens with zero attached hydrogens (tertiary/aromatic N) is 1. The molecular formula is C38H48FN3O8. The molecule has 1 aliphatic heterocycles. The smallest absolute Gasteiger partial charge is 0.407 e. The fourth-order valence-electron chi connectivity index (χ4n) is 7.47. The van der Waals surface area contributed by atoms with Gasteiger partial charge in [-0.2, -0.15) is 0 Å². The molecular weight excluding hydrogens is 645 g/mol. The number of benzene rings is 2. The summed E-state index contributed by atoms with van der Waals surface area (Å²) in [5.41, 5.74) is 7.16. The Balaban J connectivity index is 1.47. The van der Waals surface area contributed by atoms with E-state index in [0.29, 0.717) is 61.7 Å². The highest BCUT2D eigenvalue weighted by atomic mass is 19.1. The maximum absolute atomic E-state index is 14.7. The first-order valence-electron chi connectivity index (χ1n) is 17.3. The van der Waals surface area contributed by atoms with Gasteiger partial charge in [0, 0.05) is 42.9 Å². The van der Waals surface area contributed by atoms with Crippen LogP contribution in [-0.2, 0) is 23.8 Å². The average Bonchev–Trinajstić information content (AvgIpc) is 3.68. The minimum Gasteiger partial charge on any atom is -0.460 e. The van der Waals surface area contributed by atoms with Crippen molar-refractivity contribution in [3.63, 3.8) is 0 Å². The van der Waals surface area contributed by atoms with E-state index >= 15 is 0 Å². The van der Waals surface area contributed by atoms with Crippen LogP contribution in [0.5, 0.6) is 0 Å². The number of esters is 1. The molecule has 12 heteroatoms. The van der Waals surface area contributed by atoms with Crippen LogP contribution < -0.4 is 11.1 Å². The number of hydrogen-bond donors (Lipinski definition) is 2. The molecule has 1 saturated carbocycles. The molecule has 1 unspecified atom stereocenters. The molecule has 50 heavy (non-hydrogen) atoms. The highest BCUT2D eigenvalue weighted by molar-refractivity contribution is 5.98. The van der Waals surface area contributed by atoms with Gasteiger partial charge in [-0.15, -0.1) is 0 Å². The second-order valence-electron chi connectivity index (χ2n) is 14.2. The van der Waals surface area contributed by atoms with Gasteiger partial charge < -0.3 is 34.6 Å². The van der Waals surface area contributed by atoms with E-state index in [1.807, 2.05) is 42.5 Å². The summed E-state index contributed by atoms with van der Waals surface area (Å²) in [5.74, 6) is -2.76. The molecule has 3 N–H and O–H groups in total. The van der Waals surface area contributed by atoms with Gasteiger partial charge in [0.05, 0.1) is 18.7 Å². The number of ether oxygens (including phenoxy) is 3. The normalized spacial score (nSPS) is 23.0. The number of nitrogens with one attached hydrogen (secondary N) is 1. The van der Waals surface area contributed by atoms with Crippen molar-refractivity contribution in [3.8, 4) is 0 Å². The van der Waals surface area contributed by atoms with Crippen LogP contribution in [0.4, 0.5) is 9.18 Å². The van der Waals surface area contributed by atoms with E-state index in [1.54, 1.807) is 44.9 Å². The first-order chi connectivity index (χ1) is 23.9. The maximum Gasteiger partial charge on any atom is 0.407 e. The van der Waals surface area contributed by atoms with Gasteiger partial charge in [0.15, 0.2) is 0 Å². The first-order valence-corrected chi connectivity index (χ1v) is 17.3. The topological polar surface area (TPSA) is 150 Å². The number of rotatable bonds is 12. The number of primary amides is 1. The van der Waals surface area contributed by atoms with Crippen molar-refractivity contribution in [1.82, 2.24) is 10.2 Å². The van der Waals surface area contributed by atoms with E-state index < -0.39 is 60.2 Å². The molecule has 0 bridgehead atoms. The first kappa shape index (κ1) is 36.8. The van der Waals surface area contributed by atoms with E-state index in [2.05, 4.69) is 5.32 Å². The van der Waals surface area contributed by atoms with Crippen molar-refractivity contribution in [2.75, 3.05) is 27.0 Å². The summed E-state index contributed by atoms with van der Waals surface area (Å²) in [7, 11) is 1.57. The monoisotopic (exact) mass is 693 g/mol. The third kappa shape index (κ3) is 8.29. The molecule has 4 atom stereocenters. The van der Waals surface area contributed by atoms with Crippen LogP contribution in [0.2, 0.25) is 0 Å². The quantitative estimate of drug-likeness (QED) is 0.168. The summed E-state index contributed by atoms with van der Waals surface area (Å²) >= 11 is 0. The van der Waals surface area contributed by atoms with Gasteiger partial charge in [-0.25, -0.2) is 14.0 Å². The number of carbonyl (C=O) groups excluding carboxylic acids is 4. The molecule has 0 radical (unpaired) electrons. The van der Waals surface area contributed by atoms with Crippen molar-refractivity contribution >= 4 is 34.8 Å². The predicted molar refractivity (Wildman–Crippen MR) is 184 cm³/mol. The standard InChI is InChI=1S/C38H48FN3O8/c1-38(2,3)50-37(46)41-28(22-39)24-15-17-25(18-16-24)35(44)42-29(21-27(32(42)34(40)43)23-11-6-5-7-12-23)31-26-13-8-9-14-30(26)49-33(31)36(45)48-20-10-19-47-4/h5-9,11-14,24-25,27-29,32H,10,15-22H2,1-4H3,(H2,40,43)(H,41,46)/t24-,25-,27-,28+,29?,32-/m0/s1. The summed E-state index contributed by atoms with van der Waals surface area (Å²) in [6, 6.07) is 14.1. The van der Waals surface area contributed by atoms with Crippen LogP contribution in [0.25, 0.3) is 11.0 Å². The molecule has 11 nitrogen and oxygen atoms in total. The Morgan fingerprint density at radius 3 is 2.32 bits per heavy atom. The number of hydrogen-bond acceptors (Lipinski definition) is 8. The Morgan fingerprint density at radius 2 is 1.68 bits per heavy atom. The number of halogens is 1. The number of furan rings is 1. The van der Waals surface area contributed by atoms with Crippen molar-refractivity contribution in [2.45, 2.75) is 88.9 Å². The van der Waals surface area contributed by atoms with Gasteiger partial charge >= 0.3 is 12.1 Å². The zero-order chi connectivity index (χ0) is 36.0. The lowest BCUT2D eigenvalue weighted by Gasteiger charge is -2.37. The van der Waals surface area contributed by atoms with Gasteiger partial charge in [0.25, 0.3) is 0 Å². The second kappa shape index (κ2) is 16.1. The van der Waals surface area contributed by atoms with Gasteiger partial charge in [-0.1, -0.05) is 48.5 Å². The number of carbonyl (C=O) groups is 4. The third-order valence-electron chi connectivity index (χ3n) is 9.70. The van der Waals surface area contributed by atoms with Crippen LogP contribution in [0.1, 0.15) is 92.9 Å². The van der Waals surface area contributed by atoms with E-state index in [-0.39, 0.29) is 24.2 Å². The van der Waals surface area contributed by atoms with Crippen LogP contribution in [-0.4, -0.2) is 73.5 Å². The molecule has 3 amide bonds. The molecule has 3 aromatic rings. The fourth-order valence-corrected chi connectivity index (χ4v) is 7.47. The van der Waals surface area contributed by atoms with Crippen molar-refractivity contribution in [3.05, 3.63) is 71.5 Å². The lowest BCUT2D eigenvalue weighted by atomic mass is 9.78. The Morgan fingerprint density at radius 1 is 1.00 bits per heavy atom. The third-order valence-corrected chi connectivity index (χ3v) is 9.70. The highest BCUT2D eigenvalue weighted by Crippen LogP contribution is 2.50. The SMILES string of the molecule is COCCCOC(=O)c1oc2ccccc2c1C1C[C@@H](c2ccccc2)[C@@H](C(N)=O)N1C(=O)[C@H]1CC[C@H]([C@@H](CF)NC(=O)OC(C)(C)C)CC1. The zero-order valence-electron chi connectivity index (χ0n) is 29.2. The van der Waals surface area contributed by atoms with Crippen LogP contribution in [0, 0.1) is 11.8 Å². The second-order valence-corrected chi connectivity index (χ2v) is 14.2. The van der Waals surface area contributed by atoms with E-state index in [9.17, 15) is 23.6 Å². The lowest BCUT2D eigenvalue weighted by molar-refractivity contribution is -0.144.